The van der Waals surface area contributed by atoms with Gasteiger partial charge in [0.15, 0.2) is 0 Å². The van der Waals surface area contributed by atoms with Crippen LogP contribution in [0.1, 0.15) is 51.9 Å². The Kier molecular flexibility index (Phi) is 6.12. The van der Waals surface area contributed by atoms with E-state index in [0.29, 0.717) is 30.0 Å². The molecule has 1 saturated carbocycles. The summed E-state index contributed by atoms with van der Waals surface area (Å²) in [6, 6.07) is 1.17. The maximum atomic E-state index is 12.2. The Hall–Kier alpha value is -0.950. The third-order valence-corrected chi connectivity index (χ3v) is 8.23. The Morgan fingerprint density at radius 2 is 1.86 bits per heavy atom. The molecule has 28 heavy (non-hydrogen) atoms. The van der Waals surface area contributed by atoms with Crippen molar-refractivity contribution in [3.8, 4) is 0 Å². The Morgan fingerprint density at radius 1 is 1.11 bits per heavy atom. The van der Waals surface area contributed by atoms with E-state index >= 15 is 0 Å². The molecule has 3 heterocycles. The number of thioether (sulfide) groups is 1. The molecule has 0 aromatic heterocycles. The molecule has 158 valence electrons. The van der Waals surface area contributed by atoms with E-state index in [1.54, 1.807) is 0 Å². The summed E-state index contributed by atoms with van der Waals surface area (Å²) in [4.78, 5) is 30.9. The fourth-order valence-corrected chi connectivity index (χ4v) is 6.59. The largest absolute Gasteiger partial charge is 0.450 e. The van der Waals surface area contributed by atoms with Crippen LogP contribution in [0.5, 0.6) is 0 Å². The van der Waals surface area contributed by atoms with Crippen molar-refractivity contribution >= 4 is 23.1 Å². The second-order valence-corrected chi connectivity index (χ2v) is 9.94. The molecule has 3 aliphatic heterocycles. The fraction of sp³-hybridized carbons (Fsp3) is 0.905. The summed E-state index contributed by atoms with van der Waals surface area (Å²) >= 11 is 1.36. The minimum atomic E-state index is -0.135. The van der Waals surface area contributed by atoms with E-state index in [0.717, 1.165) is 26.1 Å². The smallest absolute Gasteiger partial charge is 0.409 e. The molecule has 1 spiro atoms. The van der Waals surface area contributed by atoms with E-state index in [1.807, 2.05) is 18.1 Å². The molecule has 1 unspecified atom stereocenters. The second kappa shape index (κ2) is 8.42. The van der Waals surface area contributed by atoms with Gasteiger partial charge in [0, 0.05) is 31.7 Å². The fourth-order valence-electron chi connectivity index (χ4n) is 6.13. The van der Waals surface area contributed by atoms with Crippen molar-refractivity contribution in [1.82, 2.24) is 14.7 Å². The molecule has 1 aliphatic carbocycles. The summed E-state index contributed by atoms with van der Waals surface area (Å²) in [6.07, 6.45) is 10.2. The second-order valence-electron chi connectivity index (χ2n) is 9.18. The van der Waals surface area contributed by atoms with Gasteiger partial charge < -0.3 is 19.4 Å². The van der Waals surface area contributed by atoms with Crippen LogP contribution in [0.4, 0.5) is 9.59 Å². The topological polar surface area (TPSA) is 53.1 Å². The number of rotatable bonds is 3. The SMILES string of the molecule is CCOC(=O)N1CCC2(CC(N3CCC(C4CCCN4C(=O)SC)CC3)C2)C1. The standard InChI is InChI=1S/C21H35N3O3S/c1-3-27-19(25)23-12-8-21(15-23)13-17(14-21)22-10-6-16(7-11-22)18-5-4-9-24(18)20(26)28-2/h16-18H,3-15H2,1-2H3. The summed E-state index contributed by atoms with van der Waals surface area (Å²) in [5.41, 5.74) is 0.349. The summed E-state index contributed by atoms with van der Waals surface area (Å²) in [5, 5.41) is 0.262. The summed E-state index contributed by atoms with van der Waals surface area (Å²) in [7, 11) is 0. The zero-order valence-electron chi connectivity index (χ0n) is 17.4. The summed E-state index contributed by atoms with van der Waals surface area (Å²) < 4.78 is 5.17. The van der Waals surface area contributed by atoms with Crippen LogP contribution in [-0.4, -0.2) is 83.7 Å². The lowest BCUT2D eigenvalue weighted by molar-refractivity contribution is -0.0141. The van der Waals surface area contributed by atoms with Crippen molar-refractivity contribution in [3.63, 3.8) is 0 Å². The van der Waals surface area contributed by atoms with Crippen molar-refractivity contribution in [2.75, 3.05) is 45.6 Å². The van der Waals surface area contributed by atoms with Crippen LogP contribution in [0, 0.1) is 11.3 Å². The van der Waals surface area contributed by atoms with Gasteiger partial charge in [-0.15, -0.1) is 0 Å². The van der Waals surface area contributed by atoms with E-state index < -0.39 is 0 Å². The van der Waals surface area contributed by atoms with Crippen LogP contribution in [0.3, 0.4) is 0 Å². The molecule has 0 radical (unpaired) electrons. The first-order chi connectivity index (χ1) is 13.5. The van der Waals surface area contributed by atoms with E-state index in [-0.39, 0.29) is 11.3 Å². The van der Waals surface area contributed by atoms with Crippen LogP contribution in [0.15, 0.2) is 0 Å². The molecule has 1 atom stereocenters. The van der Waals surface area contributed by atoms with Gasteiger partial charge in [0.2, 0.25) is 0 Å². The van der Waals surface area contributed by atoms with Crippen LogP contribution < -0.4 is 0 Å². The maximum absolute atomic E-state index is 12.2. The molecule has 0 bridgehead atoms. The zero-order chi connectivity index (χ0) is 19.7. The monoisotopic (exact) mass is 409 g/mol. The van der Waals surface area contributed by atoms with Crippen LogP contribution in [-0.2, 0) is 4.74 Å². The van der Waals surface area contributed by atoms with E-state index in [1.165, 1.54) is 63.4 Å². The molecule has 4 rings (SSSR count). The third-order valence-electron chi connectivity index (χ3n) is 7.64. The lowest BCUT2D eigenvalue weighted by atomic mass is 9.64. The highest BCUT2D eigenvalue weighted by atomic mass is 32.2. The normalized spacial score (nSPS) is 34.1. The average molecular weight is 410 g/mol. The van der Waals surface area contributed by atoms with E-state index in [9.17, 15) is 9.59 Å². The first kappa shape index (κ1) is 20.3. The first-order valence-electron chi connectivity index (χ1n) is 11.1. The van der Waals surface area contributed by atoms with Crippen molar-refractivity contribution in [2.24, 2.45) is 11.3 Å². The van der Waals surface area contributed by atoms with Gasteiger partial charge in [-0.2, -0.15) is 0 Å². The highest BCUT2D eigenvalue weighted by Gasteiger charge is 2.51. The molecule has 0 N–H and O–H groups in total. The summed E-state index contributed by atoms with van der Waals surface area (Å²) in [5.74, 6) is 0.676. The number of likely N-dealkylation sites (tertiary alicyclic amines) is 3. The molecule has 0 aromatic carbocycles. The third kappa shape index (κ3) is 3.89. The quantitative estimate of drug-likeness (QED) is 0.712. The average Bonchev–Trinajstić information content (AvgIpc) is 3.34. The van der Waals surface area contributed by atoms with Gasteiger partial charge in [0.25, 0.3) is 5.24 Å². The van der Waals surface area contributed by atoms with E-state index in [4.69, 9.17) is 4.74 Å². The van der Waals surface area contributed by atoms with Crippen molar-refractivity contribution < 1.29 is 14.3 Å². The van der Waals surface area contributed by atoms with Gasteiger partial charge >= 0.3 is 6.09 Å². The number of hydrogen-bond acceptors (Lipinski definition) is 5. The maximum Gasteiger partial charge on any atom is 0.409 e. The van der Waals surface area contributed by atoms with Gasteiger partial charge in [-0.05, 0) is 82.5 Å². The number of ether oxygens (including phenoxy) is 1. The predicted molar refractivity (Wildman–Crippen MR) is 112 cm³/mol. The molecule has 0 aromatic rings. The van der Waals surface area contributed by atoms with Crippen molar-refractivity contribution in [3.05, 3.63) is 0 Å². The molecular formula is C21H35N3O3S. The number of carbonyl (C=O) groups excluding carboxylic acids is 2. The van der Waals surface area contributed by atoms with Gasteiger partial charge in [-0.25, -0.2) is 4.79 Å². The van der Waals surface area contributed by atoms with E-state index in [2.05, 4.69) is 9.80 Å². The summed E-state index contributed by atoms with van der Waals surface area (Å²) in [6.45, 7) is 7.36. The van der Waals surface area contributed by atoms with Crippen LogP contribution >= 0.6 is 11.8 Å². The van der Waals surface area contributed by atoms with Gasteiger partial charge in [0.1, 0.15) is 0 Å². The first-order valence-corrected chi connectivity index (χ1v) is 12.3. The van der Waals surface area contributed by atoms with Gasteiger partial charge in [-0.3, -0.25) is 4.79 Å². The Labute approximate surface area is 173 Å². The molecule has 4 fully saturated rings. The van der Waals surface area contributed by atoms with Crippen molar-refractivity contribution in [2.45, 2.75) is 64.0 Å². The molecular weight excluding hydrogens is 374 g/mol. The highest BCUT2D eigenvalue weighted by molar-refractivity contribution is 8.12. The lowest BCUT2D eigenvalue weighted by Crippen LogP contribution is -2.55. The van der Waals surface area contributed by atoms with Crippen LogP contribution in [0.2, 0.25) is 0 Å². The Morgan fingerprint density at radius 3 is 2.54 bits per heavy atom. The number of piperidine rings is 1. The van der Waals surface area contributed by atoms with Crippen molar-refractivity contribution in [1.29, 1.82) is 0 Å². The molecule has 7 heteroatoms. The number of amides is 2. The minimum absolute atomic E-state index is 0.135. The van der Waals surface area contributed by atoms with Gasteiger partial charge in [-0.1, -0.05) is 11.8 Å². The predicted octanol–water partition coefficient (Wildman–Crippen LogP) is 3.66. The Bertz CT molecular complexity index is 587. The number of carbonyl (C=O) groups is 2. The minimum Gasteiger partial charge on any atom is -0.450 e. The highest BCUT2D eigenvalue weighted by Crippen LogP contribution is 2.51. The number of nitrogens with zero attached hydrogens (tertiary/aromatic N) is 3. The van der Waals surface area contributed by atoms with Crippen LogP contribution in [0.25, 0.3) is 0 Å². The molecule has 6 nitrogen and oxygen atoms in total. The Balaban J connectivity index is 1.23. The molecule has 4 aliphatic rings. The lowest BCUT2D eigenvalue weighted by Gasteiger charge is -2.52. The number of hydrogen-bond donors (Lipinski definition) is 0. The zero-order valence-corrected chi connectivity index (χ0v) is 18.2. The molecule has 2 amide bonds. The van der Waals surface area contributed by atoms with Gasteiger partial charge in [0.05, 0.1) is 6.61 Å². The molecule has 3 saturated heterocycles.